The number of urea groups is 1. The molecule has 0 spiro atoms. The number of nitrogens with zero attached hydrogens (tertiary/aromatic N) is 2. The van der Waals surface area contributed by atoms with Crippen LogP contribution in [0.4, 0.5) is 16.2 Å². The van der Waals surface area contributed by atoms with Gasteiger partial charge in [-0.2, -0.15) is 0 Å². The summed E-state index contributed by atoms with van der Waals surface area (Å²) in [7, 11) is 0. The molecule has 1 aliphatic heterocycles. The zero-order valence-corrected chi connectivity index (χ0v) is 14.5. The highest BCUT2D eigenvalue weighted by Gasteiger charge is 2.21. The second-order valence-electron chi connectivity index (χ2n) is 6.22. The number of carbonyl (C=O) groups excluding carboxylic acids is 1. The van der Waals surface area contributed by atoms with Gasteiger partial charge < -0.3 is 26.8 Å². The second-order valence-corrected chi connectivity index (χ2v) is 6.22. The van der Waals surface area contributed by atoms with Gasteiger partial charge in [-0.25, -0.2) is 4.79 Å². The summed E-state index contributed by atoms with van der Waals surface area (Å²) >= 11 is 0. The van der Waals surface area contributed by atoms with Crippen molar-refractivity contribution in [1.82, 2.24) is 15.2 Å². The fraction of sp³-hybridized carbons (Fsp3) is 0.333. The van der Waals surface area contributed by atoms with Gasteiger partial charge in [0.25, 0.3) is 0 Å². The van der Waals surface area contributed by atoms with Crippen molar-refractivity contribution in [2.45, 2.75) is 25.4 Å². The van der Waals surface area contributed by atoms with Gasteiger partial charge in [0.15, 0.2) is 5.69 Å². The van der Waals surface area contributed by atoms with E-state index in [1.54, 1.807) is 12.3 Å². The lowest BCUT2D eigenvalue weighted by Crippen LogP contribution is -2.70. The number of carbonyl (C=O) groups is 1. The highest BCUT2D eigenvalue weighted by Crippen LogP contribution is 2.16. The van der Waals surface area contributed by atoms with Gasteiger partial charge in [0.2, 0.25) is 0 Å². The molecule has 8 nitrogen and oxygen atoms in total. The number of hydrogen-bond donors (Lipinski definition) is 3. The van der Waals surface area contributed by atoms with Crippen molar-refractivity contribution < 1.29 is 15.8 Å². The van der Waals surface area contributed by atoms with Crippen LogP contribution in [0.1, 0.15) is 18.4 Å². The van der Waals surface area contributed by atoms with Crippen molar-refractivity contribution in [2.24, 2.45) is 0 Å². The molecule has 0 radical (unpaired) electrons. The Labute approximate surface area is 152 Å². The Kier molecular flexibility index (Phi) is 7.49. The van der Waals surface area contributed by atoms with E-state index in [1.165, 1.54) is 11.8 Å². The molecule has 2 aromatic rings. The molecule has 0 atom stereocenters. The van der Waals surface area contributed by atoms with Gasteiger partial charge in [-0.05, 0) is 24.5 Å². The van der Waals surface area contributed by atoms with Crippen LogP contribution in [0.25, 0.3) is 0 Å². The first-order valence-corrected chi connectivity index (χ1v) is 8.47. The minimum atomic E-state index is -0.282. The summed E-state index contributed by atoms with van der Waals surface area (Å²) in [5.41, 5.74) is 2.84. The van der Waals surface area contributed by atoms with Crippen molar-refractivity contribution in [3.05, 3.63) is 59.6 Å². The molecule has 1 aromatic heterocycles. The summed E-state index contributed by atoms with van der Waals surface area (Å²) < 4.78 is 0. The normalized spacial score (nSPS) is 15.1. The summed E-state index contributed by atoms with van der Waals surface area (Å²) in [6, 6.07) is 11.9. The zero-order chi connectivity index (χ0) is 17.5. The molecule has 26 heavy (non-hydrogen) atoms. The Balaban J connectivity index is 0.00000243. The molecule has 1 fully saturated rings. The maximum atomic E-state index is 12.1. The van der Waals surface area contributed by atoms with E-state index in [0.29, 0.717) is 16.9 Å². The average Bonchev–Trinajstić information content (AvgIpc) is 2.64. The van der Waals surface area contributed by atoms with Crippen LogP contribution in [0, 0.1) is 5.21 Å². The van der Waals surface area contributed by atoms with E-state index in [4.69, 9.17) is 0 Å². The molecule has 1 aromatic carbocycles. The van der Waals surface area contributed by atoms with Crippen LogP contribution in [0.15, 0.2) is 48.8 Å². The summed E-state index contributed by atoms with van der Waals surface area (Å²) in [6.45, 7) is 2.85. The first-order valence-electron chi connectivity index (χ1n) is 8.47. The summed E-state index contributed by atoms with van der Waals surface area (Å²) in [5, 5.41) is 16.7. The second kappa shape index (κ2) is 9.83. The van der Waals surface area contributed by atoms with E-state index >= 15 is 0 Å². The van der Waals surface area contributed by atoms with Crippen LogP contribution in [0.3, 0.4) is 0 Å². The monoisotopic (exact) mass is 359 g/mol. The third-order valence-electron chi connectivity index (χ3n) is 4.40. The largest absolute Gasteiger partial charge is 0.630 e. The van der Waals surface area contributed by atoms with Crippen molar-refractivity contribution in [1.29, 1.82) is 0 Å². The topological polar surface area (TPSA) is 128 Å². The summed E-state index contributed by atoms with van der Waals surface area (Å²) in [5.74, 6) is 0. The maximum Gasteiger partial charge on any atom is 0.319 e. The van der Waals surface area contributed by atoms with E-state index in [0.717, 1.165) is 32.5 Å². The number of aromatic nitrogens is 1. The van der Waals surface area contributed by atoms with Crippen molar-refractivity contribution >= 4 is 17.4 Å². The highest BCUT2D eigenvalue weighted by molar-refractivity contribution is 5.91. The summed E-state index contributed by atoms with van der Waals surface area (Å²) in [6.07, 6.45) is 4.81. The Bertz CT molecular complexity index is 690. The minimum absolute atomic E-state index is 0. The van der Waals surface area contributed by atoms with E-state index in [-0.39, 0.29) is 17.5 Å². The Morgan fingerprint density at radius 1 is 1.23 bits per heavy atom. The lowest BCUT2D eigenvalue weighted by molar-refractivity contribution is -0.496. The number of hydrogen-bond acceptors (Lipinski definition) is 4. The molecule has 6 N–H and O–H groups in total. The standard InChI is InChI=1S/C18H23N5O2.H2O/c24-18(21-16-6-9-19-12-17(16)22-25)20-15-7-10-23(11-8-15)13-14-4-2-1-3-5-14;/h1-6,9,12,15H,7-8,10-11,13,22H2,(H2,19,20,21,24);1H2. The first kappa shape index (κ1) is 19.8. The van der Waals surface area contributed by atoms with E-state index in [1.807, 2.05) is 6.07 Å². The van der Waals surface area contributed by atoms with E-state index in [9.17, 15) is 10.0 Å². The van der Waals surface area contributed by atoms with Crippen LogP contribution in [-0.2, 0) is 6.54 Å². The van der Waals surface area contributed by atoms with Crippen molar-refractivity contribution in [3.8, 4) is 0 Å². The van der Waals surface area contributed by atoms with Gasteiger partial charge in [-0.3, -0.25) is 9.88 Å². The molecule has 140 valence electrons. The molecule has 1 aliphatic rings. The number of quaternary nitrogens is 1. The molecular formula is C18H25N5O3. The Hall–Kier alpha value is -2.52. The van der Waals surface area contributed by atoms with Crippen LogP contribution in [0.5, 0.6) is 0 Å². The fourth-order valence-corrected chi connectivity index (χ4v) is 3.04. The number of nitrogens with two attached hydrogens (primary N) is 1. The molecule has 2 amide bonds. The van der Waals surface area contributed by atoms with Gasteiger partial charge in [-0.15, -0.1) is 0 Å². The van der Waals surface area contributed by atoms with Gasteiger partial charge in [-0.1, -0.05) is 30.3 Å². The van der Waals surface area contributed by atoms with E-state index in [2.05, 4.69) is 44.8 Å². The van der Waals surface area contributed by atoms with Crippen LogP contribution in [0.2, 0.25) is 0 Å². The quantitative estimate of drug-likeness (QED) is 0.680. The number of anilines is 1. The van der Waals surface area contributed by atoms with Gasteiger partial charge >= 0.3 is 6.03 Å². The first-order chi connectivity index (χ1) is 12.2. The number of piperidine rings is 1. The van der Waals surface area contributed by atoms with Gasteiger partial charge in [0, 0.05) is 31.9 Å². The maximum absolute atomic E-state index is 12.1. The zero-order valence-electron chi connectivity index (χ0n) is 14.5. The molecule has 0 unspecified atom stereocenters. The molecule has 0 aliphatic carbocycles. The smallest absolute Gasteiger partial charge is 0.319 e. The molecule has 8 heteroatoms. The predicted molar refractivity (Wildman–Crippen MR) is 99.7 cm³/mol. The lowest BCUT2D eigenvalue weighted by Gasteiger charge is -2.32. The Morgan fingerprint density at radius 2 is 1.96 bits per heavy atom. The number of nitrogens with one attached hydrogen (secondary N) is 2. The van der Waals surface area contributed by atoms with Crippen molar-refractivity contribution in [3.63, 3.8) is 0 Å². The molecule has 2 heterocycles. The minimum Gasteiger partial charge on any atom is -0.630 e. The molecule has 0 saturated carbocycles. The number of likely N-dealkylation sites (tertiary alicyclic amines) is 1. The molecule has 0 bridgehead atoms. The van der Waals surface area contributed by atoms with Crippen LogP contribution < -0.4 is 16.1 Å². The van der Waals surface area contributed by atoms with Crippen LogP contribution >= 0.6 is 0 Å². The number of rotatable bonds is 5. The molecular weight excluding hydrogens is 334 g/mol. The average molecular weight is 359 g/mol. The molecule has 3 rings (SSSR count). The number of benzene rings is 1. The number of pyridine rings is 1. The third kappa shape index (κ3) is 5.50. The number of amides is 2. The SMILES string of the molecule is O.O=C(Nc1ccncc1[NH2+][O-])NC1CCN(Cc2ccccc2)CC1. The summed E-state index contributed by atoms with van der Waals surface area (Å²) in [4.78, 5) is 18.4. The third-order valence-corrected chi connectivity index (χ3v) is 4.40. The van der Waals surface area contributed by atoms with Crippen LogP contribution in [-0.4, -0.2) is 40.5 Å². The predicted octanol–water partition coefficient (Wildman–Crippen LogP) is 0.736. The van der Waals surface area contributed by atoms with E-state index < -0.39 is 0 Å². The lowest BCUT2D eigenvalue weighted by atomic mass is 10.0. The van der Waals surface area contributed by atoms with Gasteiger partial charge in [0.05, 0.1) is 6.20 Å². The molecule has 1 saturated heterocycles. The van der Waals surface area contributed by atoms with Gasteiger partial charge in [0.1, 0.15) is 5.69 Å². The fourth-order valence-electron chi connectivity index (χ4n) is 3.04. The van der Waals surface area contributed by atoms with Crippen molar-refractivity contribution in [2.75, 3.05) is 18.4 Å². The highest BCUT2D eigenvalue weighted by atomic mass is 16.5. The Morgan fingerprint density at radius 3 is 2.65 bits per heavy atom.